The monoisotopic (exact) mass is 285 g/mol. The zero-order chi connectivity index (χ0) is 13.9. The Morgan fingerprint density at radius 3 is 2.75 bits per heavy atom. The van der Waals surface area contributed by atoms with E-state index >= 15 is 0 Å². The van der Waals surface area contributed by atoms with Crippen molar-refractivity contribution in [1.82, 2.24) is 14.5 Å². The van der Waals surface area contributed by atoms with E-state index in [0.717, 1.165) is 36.3 Å². The first-order chi connectivity index (χ1) is 9.78. The highest BCUT2D eigenvalue weighted by Gasteiger charge is 2.10. The molecule has 0 aliphatic rings. The summed E-state index contributed by atoms with van der Waals surface area (Å²) in [7, 11) is 0. The van der Waals surface area contributed by atoms with Gasteiger partial charge in [-0.25, -0.2) is 9.97 Å². The first-order valence-corrected chi connectivity index (χ1v) is 7.20. The van der Waals surface area contributed by atoms with Gasteiger partial charge in [0.15, 0.2) is 0 Å². The fraction of sp³-hybridized carbons (Fsp3) is 0.250. The third-order valence-corrected chi connectivity index (χ3v) is 3.56. The van der Waals surface area contributed by atoms with Crippen molar-refractivity contribution >= 4 is 22.6 Å². The number of hydrogen-bond acceptors (Lipinski definition) is 2. The molecule has 1 aromatic carbocycles. The average molecular weight is 286 g/mol. The van der Waals surface area contributed by atoms with Crippen LogP contribution in [0.3, 0.4) is 0 Å². The minimum absolute atomic E-state index is 0.526. The van der Waals surface area contributed by atoms with Crippen LogP contribution in [0.15, 0.2) is 42.6 Å². The lowest BCUT2D eigenvalue weighted by Gasteiger charge is -2.08. The molecule has 0 radical (unpaired) electrons. The fourth-order valence-corrected chi connectivity index (χ4v) is 2.51. The molecule has 20 heavy (non-hydrogen) atoms. The van der Waals surface area contributed by atoms with Crippen LogP contribution >= 0.6 is 11.6 Å². The van der Waals surface area contributed by atoms with Gasteiger partial charge < -0.3 is 4.57 Å². The van der Waals surface area contributed by atoms with Crippen LogP contribution in [0.4, 0.5) is 0 Å². The summed E-state index contributed by atoms with van der Waals surface area (Å²) in [6.07, 6.45) is 3.89. The largest absolute Gasteiger partial charge is 0.323 e. The standard InChI is InChI=1S/C16H16ClN3/c1-2-5-16-19-13-6-3-4-7-14(13)20(16)11-12-8-9-15(17)18-10-12/h3-4,6-10H,2,5,11H2,1H3. The van der Waals surface area contributed by atoms with Crippen LogP contribution in [-0.4, -0.2) is 14.5 Å². The second kappa shape index (κ2) is 5.63. The second-order valence-corrected chi connectivity index (χ2v) is 5.23. The van der Waals surface area contributed by atoms with Gasteiger partial charge in [0.1, 0.15) is 11.0 Å². The number of para-hydroxylation sites is 2. The number of pyridine rings is 1. The van der Waals surface area contributed by atoms with Gasteiger partial charge in [-0.1, -0.05) is 36.7 Å². The molecule has 0 unspecified atom stereocenters. The first kappa shape index (κ1) is 13.1. The maximum atomic E-state index is 5.84. The number of hydrogen-bond donors (Lipinski definition) is 0. The molecule has 0 spiro atoms. The van der Waals surface area contributed by atoms with Crippen molar-refractivity contribution in [3.63, 3.8) is 0 Å². The van der Waals surface area contributed by atoms with E-state index in [2.05, 4.69) is 34.7 Å². The maximum Gasteiger partial charge on any atom is 0.129 e. The minimum atomic E-state index is 0.526. The Hall–Kier alpha value is -1.87. The SMILES string of the molecule is CCCc1nc2ccccc2n1Cc1ccc(Cl)nc1. The highest BCUT2D eigenvalue weighted by Crippen LogP contribution is 2.19. The number of aromatic nitrogens is 3. The fourth-order valence-electron chi connectivity index (χ4n) is 2.40. The molecule has 0 amide bonds. The molecule has 3 nitrogen and oxygen atoms in total. The van der Waals surface area contributed by atoms with Crippen LogP contribution in [-0.2, 0) is 13.0 Å². The van der Waals surface area contributed by atoms with Crippen molar-refractivity contribution in [1.29, 1.82) is 0 Å². The van der Waals surface area contributed by atoms with Gasteiger partial charge in [-0.15, -0.1) is 0 Å². The van der Waals surface area contributed by atoms with Crippen LogP contribution in [0.5, 0.6) is 0 Å². The van der Waals surface area contributed by atoms with E-state index in [1.54, 1.807) is 0 Å². The number of aryl methyl sites for hydroxylation is 1. The number of imidazole rings is 1. The topological polar surface area (TPSA) is 30.7 Å². The van der Waals surface area contributed by atoms with Gasteiger partial charge in [-0.2, -0.15) is 0 Å². The Balaban J connectivity index is 2.04. The summed E-state index contributed by atoms with van der Waals surface area (Å²) in [5.74, 6) is 1.13. The molecule has 0 saturated carbocycles. The predicted octanol–water partition coefficient (Wildman–Crippen LogP) is 4.09. The Kier molecular flexibility index (Phi) is 3.70. The maximum absolute atomic E-state index is 5.84. The van der Waals surface area contributed by atoms with Gasteiger partial charge in [0.2, 0.25) is 0 Å². The minimum Gasteiger partial charge on any atom is -0.323 e. The summed E-state index contributed by atoms with van der Waals surface area (Å²) in [5.41, 5.74) is 3.36. The molecule has 0 fully saturated rings. The van der Waals surface area contributed by atoms with Gasteiger partial charge in [0.25, 0.3) is 0 Å². The van der Waals surface area contributed by atoms with E-state index in [1.165, 1.54) is 5.52 Å². The molecule has 0 aliphatic carbocycles. The third kappa shape index (κ3) is 2.54. The number of rotatable bonds is 4. The van der Waals surface area contributed by atoms with E-state index in [4.69, 9.17) is 16.6 Å². The van der Waals surface area contributed by atoms with Crippen molar-refractivity contribution in [2.45, 2.75) is 26.3 Å². The summed E-state index contributed by atoms with van der Waals surface area (Å²) < 4.78 is 2.27. The molecule has 4 heteroatoms. The summed E-state index contributed by atoms with van der Waals surface area (Å²) in [5, 5.41) is 0.526. The summed E-state index contributed by atoms with van der Waals surface area (Å²) in [4.78, 5) is 8.88. The Morgan fingerprint density at radius 2 is 2.00 bits per heavy atom. The van der Waals surface area contributed by atoms with Gasteiger partial charge in [0, 0.05) is 12.6 Å². The van der Waals surface area contributed by atoms with E-state index in [9.17, 15) is 0 Å². The number of nitrogens with zero attached hydrogens (tertiary/aromatic N) is 3. The van der Waals surface area contributed by atoms with Gasteiger partial charge in [-0.3, -0.25) is 0 Å². The van der Waals surface area contributed by atoms with Crippen LogP contribution < -0.4 is 0 Å². The molecule has 3 rings (SSSR count). The van der Waals surface area contributed by atoms with Crippen molar-refractivity contribution in [2.24, 2.45) is 0 Å². The van der Waals surface area contributed by atoms with Crippen molar-refractivity contribution < 1.29 is 0 Å². The normalized spacial score (nSPS) is 11.1. The smallest absolute Gasteiger partial charge is 0.129 e. The van der Waals surface area contributed by atoms with Crippen LogP contribution in [0.25, 0.3) is 11.0 Å². The zero-order valence-electron chi connectivity index (χ0n) is 11.4. The zero-order valence-corrected chi connectivity index (χ0v) is 12.1. The Morgan fingerprint density at radius 1 is 1.15 bits per heavy atom. The van der Waals surface area contributed by atoms with Crippen LogP contribution in [0, 0.1) is 0 Å². The van der Waals surface area contributed by atoms with E-state index in [1.807, 2.05) is 24.4 Å². The molecule has 102 valence electrons. The highest BCUT2D eigenvalue weighted by atomic mass is 35.5. The Labute approximate surface area is 123 Å². The Bertz CT molecular complexity index is 716. The number of benzene rings is 1. The van der Waals surface area contributed by atoms with Gasteiger partial charge in [-0.05, 0) is 30.2 Å². The molecule has 2 aromatic heterocycles. The van der Waals surface area contributed by atoms with Crippen molar-refractivity contribution in [3.05, 3.63) is 59.1 Å². The lowest BCUT2D eigenvalue weighted by Crippen LogP contribution is -2.05. The quantitative estimate of drug-likeness (QED) is 0.676. The molecule has 0 saturated heterocycles. The number of fused-ring (bicyclic) bond motifs is 1. The number of halogens is 1. The lowest BCUT2D eigenvalue weighted by atomic mass is 10.2. The lowest BCUT2D eigenvalue weighted by molar-refractivity contribution is 0.720. The molecule has 3 aromatic rings. The van der Waals surface area contributed by atoms with Crippen molar-refractivity contribution in [3.8, 4) is 0 Å². The second-order valence-electron chi connectivity index (χ2n) is 4.84. The first-order valence-electron chi connectivity index (χ1n) is 6.82. The van der Waals surface area contributed by atoms with E-state index in [0.29, 0.717) is 5.15 Å². The summed E-state index contributed by atoms with van der Waals surface area (Å²) in [6, 6.07) is 12.1. The molecule has 0 atom stereocenters. The van der Waals surface area contributed by atoms with E-state index < -0.39 is 0 Å². The van der Waals surface area contributed by atoms with E-state index in [-0.39, 0.29) is 0 Å². The van der Waals surface area contributed by atoms with Crippen LogP contribution in [0.2, 0.25) is 5.15 Å². The molecule has 0 N–H and O–H groups in total. The molecule has 2 heterocycles. The molecule has 0 bridgehead atoms. The summed E-state index contributed by atoms with van der Waals surface area (Å²) >= 11 is 5.84. The molecular weight excluding hydrogens is 270 g/mol. The van der Waals surface area contributed by atoms with Gasteiger partial charge in [0.05, 0.1) is 17.6 Å². The predicted molar refractivity (Wildman–Crippen MR) is 82.1 cm³/mol. The molecular formula is C16H16ClN3. The van der Waals surface area contributed by atoms with Gasteiger partial charge >= 0.3 is 0 Å². The third-order valence-electron chi connectivity index (χ3n) is 3.34. The average Bonchev–Trinajstić information content (AvgIpc) is 2.80. The summed E-state index contributed by atoms with van der Waals surface area (Å²) in [6.45, 7) is 2.95. The van der Waals surface area contributed by atoms with Crippen LogP contribution in [0.1, 0.15) is 24.7 Å². The highest BCUT2D eigenvalue weighted by molar-refractivity contribution is 6.29. The molecule has 0 aliphatic heterocycles. The van der Waals surface area contributed by atoms with Crippen molar-refractivity contribution in [2.75, 3.05) is 0 Å².